The smallest absolute Gasteiger partial charge is 0.262 e. The highest BCUT2D eigenvalue weighted by molar-refractivity contribution is 7.92. The van der Waals surface area contributed by atoms with Gasteiger partial charge in [0.2, 0.25) is 0 Å². The van der Waals surface area contributed by atoms with E-state index in [-0.39, 0.29) is 10.6 Å². The predicted molar refractivity (Wildman–Crippen MR) is 74.8 cm³/mol. The molecule has 2 rings (SSSR count). The van der Waals surface area contributed by atoms with Crippen molar-refractivity contribution in [3.8, 4) is 5.75 Å². The van der Waals surface area contributed by atoms with Crippen LogP contribution in [0.5, 0.6) is 5.75 Å². The third-order valence-electron chi connectivity index (χ3n) is 2.63. The van der Waals surface area contributed by atoms with Crippen molar-refractivity contribution in [2.45, 2.75) is 11.8 Å². The first kappa shape index (κ1) is 15.2. The molecule has 0 atom stereocenters. The highest BCUT2D eigenvalue weighted by Crippen LogP contribution is 2.26. The second kappa shape index (κ2) is 6.09. The molecule has 0 radical (unpaired) electrons. The first-order valence-electron chi connectivity index (χ1n) is 6.13. The quantitative estimate of drug-likeness (QED) is 0.922. The summed E-state index contributed by atoms with van der Waals surface area (Å²) in [7, 11) is -4.03. The zero-order valence-electron chi connectivity index (χ0n) is 11.1. The number of ether oxygens (including phenoxy) is 1. The second-order valence-corrected chi connectivity index (χ2v) is 5.79. The van der Waals surface area contributed by atoms with E-state index in [1.54, 1.807) is 25.1 Å². The van der Waals surface area contributed by atoms with E-state index in [4.69, 9.17) is 4.74 Å². The molecule has 0 aromatic heterocycles. The van der Waals surface area contributed by atoms with Gasteiger partial charge in [-0.1, -0.05) is 12.1 Å². The van der Waals surface area contributed by atoms with Crippen molar-refractivity contribution in [3.63, 3.8) is 0 Å². The van der Waals surface area contributed by atoms with Crippen molar-refractivity contribution in [1.29, 1.82) is 0 Å². The zero-order valence-corrected chi connectivity index (χ0v) is 12.0. The number of anilines is 1. The van der Waals surface area contributed by atoms with Crippen molar-refractivity contribution in [2.24, 2.45) is 0 Å². The molecule has 0 heterocycles. The maximum atomic E-state index is 13.2. The maximum absolute atomic E-state index is 13.2. The molecular weight excluding hydrogens is 300 g/mol. The number of benzene rings is 2. The Hall–Kier alpha value is -2.15. The van der Waals surface area contributed by atoms with Crippen LogP contribution in [0.3, 0.4) is 0 Å². The molecule has 0 aliphatic carbocycles. The highest BCUT2D eigenvalue weighted by Gasteiger charge is 2.18. The lowest BCUT2D eigenvalue weighted by molar-refractivity contribution is 0.342. The average Bonchev–Trinajstić information content (AvgIpc) is 2.44. The number of rotatable bonds is 5. The van der Waals surface area contributed by atoms with Gasteiger partial charge in [0.1, 0.15) is 5.75 Å². The number of para-hydroxylation sites is 2. The lowest BCUT2D eigenvalue weighted by atomic mass is 10.3. The normalized spacial score (nSPS) is 11.2. The van der Waals surface area contributed by atoms with E-state index >= 15 is 0 Å². The summed E-state index contributed by atoms with van der Waals surface area (Å²) >= 11 is 0. The van der Waals surface area contributed by atoms with Gasteiger partial charge in [-0.15, -0.1) is 0 Å². The molecule has 112 valence electrons. The van der Waals surface area contributed by atoms with E-state index in [9.17, 15) is 17.2 Å². The molecule has 2 aromatic carbocycles. The Morgan fingerprint density at radius 3 is 2.48 bits per heavy atom. The summed E-state index contributed by atoms with van der Waals surface area (Å²) in [5.41, 5.74) is 0.226. The molecule has 0 saturated carbocycles. The topological polar surface area (TPSA) is 55.4 Å². The summed E-state index contributed by atoms with van der Waals surface area (Å²) in [5, 5.41) is 0. The highest BCUT2D eigenvalue weighted by atomic mass is 32.2. The fourth-order valence-electron chi connectivity index (χ4n) is 1.68. The first-order chi connectivity index (χ1) is 9.94. The van der Waals surface area contributed by atoms with Crippen LogP contribution in [0.25, 0.3) is 0 Å². The third-order valence-corrected chi connectivity index (χ3v) is 4.00. The van der Waals surface area contributed by atoms with Crippen LogP contribution >= 0.6 is 0 Å². The number of sulfonamides is 1. The fraction of sp³-hybridized carbons (Fsp3) is 0.143. The molecule has 2 aromatic rings. The Morgan fingerprint density at radius 1 is 1.10 bits per heavy atom. The second-order valence-electron chi connectivity index (χ2n) is 4.11. The number of hydrogen-bond donors (Lipinski definition) is 1. The molecule has 7 heteroatoms. The van der Waals surface area contributed by atoms with Crippen LogP contribution in [0.4, 0.5) is 14.5 Å². The van der Waals surface area contributed by atoms with Crippen LogP contribution in [0.15, 0.2) is 47.4 Å². The van der Waals surface area contributed by atoms with Crippen molar-refractivity contribution < 1.29 is 21.9 Å². The lowest BCUT2D eigenvalue weighted by Gasteiger charge is -2.12. The van der Waals surface area contributed by atoms with Crippen molar-refractivity contribution in [3.05, 3.63) is 54.1 Å². The molecule has 0 saturated heterocycles. The van der Waals surface area contributed by atoms with E-state index in [0.717, 1.165) is 12.1 Å². The molecule has 4 nitrogen and oxygen atoms in total. The van der Waals surface area contributed by atoms with Gasteiger partial charge >= 0.3 is 0 Å². The van der Waals surface area contributed by atoms with Gasteiger partial charge in [-0.2, -0.15) is 0 Å². The van der Waals surface area contributed by atoms with Gasteiger partial charge < -0.3 is 4.74 Å². The summed E-state index contributed by atoms with van der Waals surface area (Å²) in [6, 6.07) is 8.82. The third kappa shape index (κ3) is 3.49. The van der Waals surface area contributed by atoms with Gasteiger partial charge in [0.15, 0.2) is 11.6 Å². The number of halogens is 2. The molecule has 21 heavy (non-hydrogen) atoms. The van der Waals surface area contributed by atoms with Gasteiger partial charge in [-0.25, -0.2) is 17.2 Å². The Bertz CT molecular complexity index is 748. The van der Waals surface area contributed by atoms with E-state index in [2.05, 4.69) is 4.72 Å². The minimum Gasteiger partial charge on any atom is -0.492 e. The monoisotopic (exact) mass is 313 g/mol. The molecule has 0 fully saturated rings. The molecule has 0 aliphatic rings. The Kier molecular flexibility index (Phi) is 4.42. The lowest BCUT2D eigenvalue weighted by Crippen LogP contribution is -2.14. The largest absolute Gasteiger partial charge is 0.492 e. The Labute approximate surface area is 121 Å². The van der Waals surface area contributed by atoms with Crippen LogP contribution in [-0.4, -0.2) is 15.0 Å². The molecule has 0 bridgehead atoms. The molecule has 0 amide bonds. The minimum atomic E-state index is -4.03. The molecule has 1 N–H and O–H groups in total. The maximum Gasteiger partial charge on any atom is 0.262 e. The molecule has 0 aliphatic heterocycles. The van der Waals surface area contributed by atoms with Gasteiger partial charge in [0, 0.05) is 0 Å². The molecule has 0 unspecified atom stereocenters. The van der Waals surface area contributed by atoms with Crippen LogP contribution in [-0.2, 0) is 10.0 Å². The van der Waals surface area contributed by atoms with Crippen LogP contribution in [0.1, 0.15) is 6.92 Å². The van der Waals surface area contributed by atoms with E-state index < -0.39 is 21.7 Å². The summed E-state index contributed by atoms with van der Waals surface area (Å²) < 4.78 is 57.9. The summed E-state index contributed by atoms with van der Waals surface area (Å²) in [6.45, 7) is 2.13. The van der Waals surface area contributed by atoms with Crippen LogP contribution < -0.4 is 9.46 Å². The first-order valence-corrected chi connectivity index (χ1v) is 7.62. The average molecular weight is 313 g/mol. The van der Waals surface area contributed by atoms with Gasteiger partial charge in [0.05, 0.1) is 17.2 Å². The molecule has 0 spiro atoms. The SMILES string of the molecule is CCOc1ccccc1NS(=O)(=O)c1ccc(F)c(F)c1. The standard InChI is InChI=1S/C14H13F2NO3S/c1-2-20-14-6-4-3-5-13(14)17-21(18,19)10-7-8-11(15)12(16)9-10/h3-9,17H,2H2,1H3. The van der Waals surface area contributed by atoms with Crippen molar-refractivity contribution >= 4 is 15.7 Å². The van der Waals surface area contributed by atoms with Crippen molar-refractivity contribution in [2.75, 3.05) is 11.3 Å². The van der Waals surface area contributed by atoms with Crippen LogP contribution in [0, 0.1) is 11.6 Å². The van der Waals surface area contributed by atoms with Gasteiger partial charge in [-0.05, 0) is 37.3 Å². The predicted octanol–water partition coefficient (Wildman–Crippen LogP) is 3.16. The minimum absolute atomic E-state index is 0.226. The van der Waals surface area contributed by atoms with Gasteiger partial charge in [0.25, 0.3) is 10.0 Å². The van der Waals surface area contributed by atoms with E-state index in [1.165, 1.54) is 6.07 Å². The summed E-state index contributed by atoms with van der Waals surface area (Å²) in [5.74, 6) is -1.98. The summed E-state index contributed by atoms with van der Waals surface area (Å²) in [4.78, 5) is -0.368. The van der Waals surface area contributed by atoms with E-state index in [1.807, 2.05) is 0 Å². The van der Waals surface area contributed by atoms with Crippen LogP contribution in [0.2, 0.25) is 0 Å². The number of nitrogens with one attached hydrogen (secondary N) is 1. The fourth-order valence-corrected chi connectivity index (χ4v) is 2.76. The van der Waals surface area contributed by atoms with Crippen molar-refractivity contribution in [1.82, 2.24) is 0 Å². The number of hydrogen-bond acceptors (Lipinski definition) is 3. The summed E-state index contributed by atoms with van der Waals surface area (Å²) in [6.07, 6.45) is 0. The van der Waals surface area contributed by atoms with E-state index in [0.29, 0.717) is 18.4 Å². The van der Waals surface area contributed by atoms with Gasteiger partial charge in [-0.3, -0.25) is 4.72 Å². The zero-order chi connectivity index (χ0) is 15.5. The Balaban J connectivity index is 2.35. The molecular formula is C14H13F2NO3S. The Morgan fingerprint density at radius 2 is 1.81 bits per heavy atom.